The number of rotatable bonds is 10. The van der Waals surface area contributed by atoms with Gasteiger partial charge in [-0.3, -0.25) is 14.5 Å². The minimum atomic E-state index is -0.958. The van der Waals surface area contributed by atoms with E-state index in [0.717, 1.165) is 40.4 Å². The molecule has 2 heterocycles. The van der Waals surface area contributed by atoms with Crippen molar-refractivity contribution in [3.8, 4) is 11.5 Å². The van der Waals surface area contributed by atoms with Crippen LogP contribution in [-0.2, 0) is 14.2 Å². The summed E-state index contributed by atoms with van der Waals surface area (Å²) in [6.07, 6.45) is 6.91. The number of hydrogen-bond donors (Lipinski definition) is 2. The third-order valence-electron chi connectivity index (χ3n) is 8.42. The number of phenolic OH excluding ortho intramolecular Hbond substituents is 1. The molecule has 7 nitrogen and oxygen atoms in total. The Bertz CT molecular complexity index is 1160. The molecule has 4 rings (SSSR count). The highest BCUT2D eigenvalue weighted by Gasteiger charge is 2.57. The highest BCUT2D eigenvalue weighted by atomic mass is 127. The molecule has 2 fully saturated rings. The van der Waals surface area contributed by atoms with Gasteiger partial charge >= 0.3 is 7.12 Å². The minimum absolute atomic E-state index is 0.0475. The van der Waals surface area contributed by atoms with E-state index >= 15 is 0 Å². The number of amides is 2. The summed E-state index contributed by atoms with van der Waals surface area (Å²) < 4.78 is 12.3. The summed E-state index contributed by atoms with van der Waals surface area (Å²) in [6, 6.07) is 3.78. The summed E-state index contributed by atoms with van der Waals surface area (Å²) in [5, 5.41) is 21.0. The van der Waals surface area contributed by atoms with Crippen LogP contribution >= 0.6 is 22.6 Å². The molecule has 9 heteroatoms. The zero-order valence-corrected chi connectivity index (χ0v) is 25.9. The number of allylic oxidation sites excluding steroid dienone is 2. The second-order valence-corrected chi connectivity index (χ2v) is 12.5. The first kappa shape index (κ1) is 30.1. The van der Waals surface area contributed by atoms with Crippen LogP contribution in [0.4, 0.5) is 0 Å². The van der Waals surface area contributed by atoms with Crippen LogP contribution in [0, 0.1) is 27.2 Å². The maximum absolute atomic E-state index is 13.5. The van der Waals surface area contributed by atoms with Gasteiger partial charge in [0.05, 0.1) is 28.6 Å². The van der Waals surface area contributed by atoms with Crippen molar-refractivity contribution in [2.75, 3.05) is 13.7 Å². The molecule has 1 aliphatic carbocycles. The van der Waals surface area contributed by atoms with E-state index in [9.17, 15) is 19.7 Å². The molecular weight excluding hydrogens is 608 g/mol. The Labute approximate surface area is 246 Å². The van der Waals surface area contributed by atoms with Crippen LogP contribution in [0.15, 0.2) is 28.9 Å². The van der Waals surface area contributed by atoms with Crippen LogP contribution in [0.1, 0.15) is 71.8 Å². The highest BCUT2D eigenvalue weighted by molar-refractivity contribution is 14.1. The van der Waals surface area contributed by atoms with E-state index in [1.54, 1.807) is 7.11 Å². The van der Waals surface area contributed by atoms with Gasteiger partial charge in [0.1, 0.15) is 0 Å². The average molecular weight is 649 g/mol. The summed E-state index contributed by atoms with van der Waals surface area (Å²) in [7, 11) is 0.590. The van der Waals surface area contributed by atoms with E-state index in [4.69, 9.17) is 9.39 Å². The number of aromatic hydroxyl groups is 1. The topological polar surface area (TPSA) is 96.3 Å². The first-order chi connectivity index (χ1) is 18.6. The molecular formula is C30H41BINO6. The molecule has 1 aromatic rings. The second kappa shape index (κ2) is 12.8. The second-order valence-electron chi connectivity index (χ2n) is 11.4. The number of hydrogen-bond acceptors (Lipinski definition) is 6. The first-order valence-electron chi connectivity index (χ1n) is 14.3. The quantitative estimate of drug-likeness (QED) is 0.143. The minimum Gasteiger partial charge on any atom is -0.504 e. The number of phenols is 1. The molecule has 2 N–H and O–H groups in total. The zero-order chi connectivity index (χ0) is 28.4. The van der Waals surface area contributed by atoms with Crippen molar-refractivity contribution in [2.45, 2.75) is 78.6 Å². The Morgan fingerprint density at radius 2 is 1.95 bits per heavy atom. The van der Waals surface area contributed by atoms with Gasteiger partial charge in [-0.2, -0.15) is 0 Å². The van der Waals surface area contributed by atoms with Crippen LogP contribution in [0.5, 0.6) is 11.5 Å². The number of ether oxygens (including phenoxy) is 1. The van der Waals surface area contributed by atoms with Crippen molar-refractivity contribution in [1.29, 1.82) is 0 Å². The van der Waals surface area contributed by atoms with Gasteiger partial charge < -0.3 is 19.5 Å². The van der Waals surface area contributed by atoms with E-state index in [0.29, 0.717) is 31.5 Å². The lowest BCUT2D eigenvalue weighted by molar-refractivity contribution is -0.140. The van der Waals surface area contributed by atoms with Gasteiger partial charge in [-0.05, 0) is 96.1 Å². The smallest absolute Gasteiger partial charge is 0.455 e. The predicted molar refractivity (Wildman–Crippen MR) is 161 cm³/mol. The van der Waals surface area contributed by atoms with E-state index in [1.165, 1.54) is 16.0 Å². The molecule has 212 valence electrons. The fraction of sp³-hybridized carbons (Fsp3) is 0.600. The fourth-order valence-corrected chi connectivity index (χ4v) is 7.36. The van der Waals surface area contributed by atoms with E-state index in [1.807, 2.05) is 19.1 Å². The molecule has 1 aromatic carbocycles. The van der Waals surface area contributed by atoms with E-state index in [-0.39, 0.29) is 41.4 Å². The average Bonchev–Trinajstić information content (AvgIpc) is 3.13. The standard InChI is InChI=1S/C30H41BINO6/c1-6-8-18(12-19-13-23(32)28(34)25(14-19)38-5)9-10-24-26-20(17(3)4)15-21-27(22(26)16-31(37)39-24)30(36)33(11-7-2)29(21)35/h12-14,17,21-22,24,27,34,37H,6-11,15-16H2,1-5H3/b18-12+/t21-,22+,24-,27-/m1/s1. The van der Waals surface area contributed by atoms with Gasteiger partial charge in [-0.25, -0.2) is 0 Å². The fourth-order valence-electron chi connectivity index (χ4n) is 6.73. The summed E-state index contributed by atoms with van der Waals surface area (Å²) >= 11 is 2.11. The monoisotopic (exact) mass is 649 g/mol. The molecule has 4 atom stereocenters. The predicted octanol–water partition coefficient (Wildman–Crippen LogP) is 5.83. The van der Waals surface area contributed by atoms with Crippen LogP contribution < -0.4 is 4.74 Å². The Hall–Kier alpha value is -1.85. The van der Waals surface area contributed by atoms with Gasteiger partial charge in [0.25, 0.3) is 0 Å². The molecule has 39 heavy (non-hydrogen) atoms. The number of carbonyl (C=O) groups is 2. The van der Waals surface area contributed by atoms with Crippen molar-refractivity contribution in [3.63, 3.8) is 0 Å². The Morgan fingerprint density at radius 1 is 1.21 bits per heavy atom. The summed E-state index contributed by atoms with van der Waals surface area (Å²) in [5.74, 6) is -0.212. The van der Waals surface area contributed by atoms with Gasteiger partial charge in [0.2, 0.25) is 11.8 Å². The van der Waals surface area contributed by atoms with E-state index in [2.05, 4.69) is 49.4 Å². The molecule has 2 saturated heterocycles. The molecule has 0 spiro atoms. The molecule has 0 aromatic heterocycles. The Kier molecular flexibility index (Phi) is 9.86. The first-order valence-corrected chi connectivity index (χ1v) is 15.4. The van der Waals surface area contributed by atoms with Crippen molar-refractivity contribution in [3.05, 3.63) is 38.0 Å². The number of carbonyl (C=O) groups excluding carboxylic acids is 2. The summed E-state index contributed by atoms with van der Waals surface area (Å²) in [6.45, 7) is 8.89. The van der Waals surface area contributed by atoms with Crippen LogP contribution in [0.2, 0.25) is 6.32 Å². The molecule has 3 aliphatic rings. The number of fused-ring (bicyclic) bond motifs is 3. The van der Waals surface area contributed by atoms with Crippen molar-refractivity contribution in [1.82, 2.24) is 4.90 Å². The number of benzene rings is 1. The van der Waals surface area contributed by atoms with Crippen molar-refractivity contribution < 1.29 is 29.1 Å². The van der Waals surface area contributed by atoms with Gasteiger partial charge in [0, 0.05) is 6.54 Å². The van der Waals surface area contributed by atoms with Crippen LogP contribution in [-0.4, -0.2) is 53.7 Å². The van der Waals surface area contributed by atoms with Gasteiger partial charge in [-0.1, -0.05) is 51.3 Å². The van der Waals surface area contributed by atoms with Gasteiger partial charge in [-0.15, -0.1) is 0 Å². The Balaban J connectivity index is 1.64. The van der Waals surface area contributed by atoms with Crippen LogP contribution in [0.25, 0.3) is 6.08 Å². The molecule has 0 radical (unpaired) electrons. The molecule has 2 aliphatic heterocycles. The lowest BCUT2D eigenvalue weighted by Gasteiger charge is -2.44. The lowest BCUT2D eigenvalue weighted by atomic mass is 9.57. The highest BCUT2D eigenvalue weighted by Crippen LogP contribution is 2.52. The van der Waals surface area contributed by atoms with Crippen molar-refractivity contribution in [2.24, 2.45) is 23.7 Å². The van der Waals surface area contributed by atoms with Crippen molar-refractivity contribution >= 4 is 47.6 Å². The normalized spacial score (nSPS) is 25.5. The molecule has 0 unspecified atom stereocenters. The Morgan fingerprint density at radius 3 is 2.59 bits per heavy atom. The number of imide groups is 1. The van der Waals surface area contributed by atoms with E-state index < -0.39 is 13.0 Å². The third kappa shape index (κ3) is 6.10. The summed E-state index contributed by atoms with van der Waals surface area (Å²) in [5.41, 5.74) is 4.58. The number of methoxy groups -OCH3 is 1. The number of halogens is 1. The molecule has 0 saturated carbocycles. The lowest BCUT2D eigenvalue weighted by Crippen LogP contribution is -2.46. The maximum atomic E-state index is 13.5. The van der Waals surface area contributed by atoms with Gasteiger partial charge in [0.15, 0.2) is 11.5 Å². The molecule has 0 bridgehead atoms. The number of nitrogens with zero attached hydrogens (tertiary/aromatic N) is 1. The zero-order valence-electron chi connectivity index (χ0n) is 23.7. The maximum Gasteiger partial charge on any atom is 0.455 e. The summed E-state index contributed by atoms with van der Waals surface area (Å²) in [4.78, 5) is 28.2. The third-order valence-corrected chi connectivity index (χ3v) is 9.24. The number of likely N-dealkylation sites (tertiary alicyclic amines) is 1. The van der Waals surface area contributed by atoms with Crippen LogP contribution in [0.3, 0.4) is 0 Å². The largest absolute Gasteiger partial charge is 0.504 e. The molecule has 2 amide bonds. The SMILES string of the molecule is CCC/C(=C\c1cc(I)c(O)c(OC)c1)CC[C@H]1OB(O)C[C@H]2C1=C(C(C)C)C[C@H]1C(=O)N(CCC)C(=O)[C@H]12.